The van der Waals surface area contributed by atoms with Crippen LogP contribution in [-0.2, 0) is 20.9 Å². The largest absolute Gasteiger partial charge is 0.454 e. The number of ether oxygens (including phenoxy) is 1. The number of rotatable bonds is 5. The zero-order valence-corrected chi connectivity index (χ0v) is 14.3. The molecule has 0 saturated heterocycles. The van der Waals surface area contributed by atoms with Crippen LogP contribution in [0.2, 0.25) is 5.02 Å². The fraction of sp³-hybridized carbons (Fsp3) is 0.111. The fourth-order valence-corrected chi connectivity index (χ4v) is 2.48. The smallest absolute Gasteiger partial charge is 0.326 e. The second-order valence-electron chi connectivity index (χ2n) is 5.38. The maximum Gasteiger partial charge on any atom is 0.326 e. The van der Waals surface area contributed by atoms with Gasteiger partial charge in [0, 0.05) is 0 Å². The van der Waals surface area contributed by atoms with E-state index < -0.39 is 18.5 Å². The van der Waals surface area contributed by atoms with Crippen LogP contribution >= 0.6 is 11.6 Å². The predicted octanol–water partition coefficient (Wildman–Crippen LogP) is 2.23. The van der Waals surface area contributed by atoms with Crippen LogP contribution in [0, 0.1) is 0 Å². The minimum absolute atomic E-state index is 0.337. The number of anilines is 1. The van der Waals surface area contributed by atoms with Crippen LogP contribution in [0.3, 0.4) is 0 Å². The highest BCUT2D eigenvalue weighted by Crippen LogP contribution is 2.20. The Labute approximate surface area is 153 Å². The van der Waals surface area contributed by atoms with E-state index in [4.69, 9.17) is 16.3 Å². The average Bonchev–Trinajstić information content (AvgIpc) is 2.64. The Kier molecular flexibility index (Phi) is 5.28. The summed E-state index contributed by atoms with van der Waals surface area (Å²) >= 11 is 5.94. The molecule has 0 saturated carbocycles. The molecule has 1 amide bonds. The third-order valence-electron chi connectivity index (χ3n) is 3.54. The third-order valence-corrected chi connectivity index (χ3v) is 3.87. The van der Waals surface area contributed by atoms with Gasteiger partial charge in [0.15, 0.2) is 6.61 Å². The molecule has 3 aromatic rings. The SMILES string of the molecule is O=C(COC(=O)Cn1cnc2ccccc2c1=O)Nc1ccccc1Cl. The molecule has 0 fully saturated rings. The van der Waals surface area contributed by atoms with Crippen molar-refractivity contribution in [1.29, 1.82) is 0 Å². The van der Waals surface area contributed by atoms with Gasteiger partial charge in [0.2, 0.25) is 0 Å². The van der Waals surface area contributed by atoms with Gasteiger partial charge in [-0.05, 0) is 24.3 Å². The summed E-state index contributed by atoms with van der Waals surface area (Å²) < 4.78 is 6.04. The second-order valence-corrected chi connectivity index (χ2v) is 5.79. The van der Waals surface area contributed by atoms with E-state index in [0.29, 0.717) is 21.6 Å². The lowest BCUT2D eigenvalue weighted by molar-refractivity contribution is -0.147. The Bertz CT molecular complexity index is 1030. The molecule has 1 heterocycles. The van der Waals surface area contributed by atoms with E-state index >= 15 is 0 Å². The van der Waals surface area contributed by atoms with Crippen molar-refractivity contribution < 1.29 is 14.3 Å². The number of carbonyl (C=O) groups excluding carboxylic acids is 2. The van der Waals surface area contributed by atoms with Gasteiger partial charge in [-0.3, -0.25) is 19.0 Å². The summed E-state index contributed by atoms with van der Waals surface area (Å²) in [6, 6.07) is 13.5. The van der Waals surface area contributed by atoms with Crippen molar-refractivity contribution >= 4 is 40.1 Å². The molecule has 0 spiro atoms. The standard InChI is InChI=1S/C18H14ClN3O4/c19-13-6-2-4-8-15(13)21-16(23)10-26-17(24)9-22-11-20-14-7-3-1-5-12(14)18(22)25/h1-8,11H,9-10H2,(H,21,23). The zero-order chi connectivity index (χ0) is 18.5. The molecule has 8 heteroatoms. The molecule has 132 valence electrons. The van der Waals surface area contributed by atoms with Gasteiger partial charge in [-0.1, -0.05) is 35.9 Å². The second kappa shape index (κ2) is 7.79. The number of aromatic nitrogens is 2. The number of amides is 1. The van der Waals surface area contributed by atoms with Crippen molar-refractivity contribution in [3.05, 3.63) is 70.2 Å². The zero-order valence-electron chi connectivity index (χ0n) is 13.5. The summed E-state index contributed by atoms with van der Waals surface area (Å²) in [4.78, 5) is 40.2. The molecule has 0 unspecified atom stereocenters. The van der Waals surface area contributed by atoms with Crippen LogP contribution in [-0.4, -0.2) is 28.0 Å². The number of carbonyl (C=O) groups is 2. The predicted molar refractivity (Wildman–Crippen MR) is 97.0 cm³/mol. The highest BCUT2D eigenvalue weighted by Gasteiger charge is 2.12. The van der Waals surface area contributed by atoms with E-state index in [1.54, 1.807) is 48.5 Å². The first-order valence-corrected chi connectivity index (χ1v) is 8.06. The Balaban J connectivity index is 1.59. The van der Waals surface area contributed by atoms with E-state index in [9.17, 15) is 14.4 Å². The highest BCUT2D eigenvalue weighted by atomic mass is 35.5. The molecule has 2 aromatic carbocycles. The Morgan fingerprint density at radius 2 is 1.85 bits per heavy atom. The summed E-state index contributed by atoms with van der Waals surface area (Å²) in [6.45, 7) is -0.824. The van der Waals surface area contributed by atoms with Gasteiger partial charge in [-0.15, -0.1) is 0 Å². The highest BCUT2D eigenvalue weighted by molar-refractivity contribution is 6.33. The molecule has 0 aliphatic heterocycles. The van der Waals surface area contributed by atoms with Crippen LogP contribution in [0.5, 0.6) is 0 Å². The quantitative estimate of drug-likeness (QED) is 0.694. The van der Waals surface area contributed by atoms with E-state index in [1.165, 1.54) is 6.33 Å². The first kappa shape index (κ1) is 17.6. The number of benzene rings is 2. The Morgan fingerprint density at radius 3 is 2.65 bits per heavy atom. The van der Waals surface area contributed by atoms with Crippen molar-refractivity contribution in [3.8, 4) is 0 Å². The van der Waals surface area contributed by atoms with Crippen LogP contribution < -0.4 is 10.9 Å². The molecule has 0 aliphatic rings. The van der Waals surface area contributed by atoms with Crippen molar-refractivity contribution in [2.45, 2.75) is 6.54 Å². The summed E-state index contributed by atoms with van der Waals surface area (Å²) in [5, 5.41) is 3.31. The minimum Gasteiger partial charge on any atom is -0.454 e. The minimum atomic E-state index is -0.724. The van der Waals surface area contributed by atoms with E-state index in [0.717, 1.165) is 4.57 Å². The van der Waals surface area contributed by atoms with Gasteiger partial charge in [0.05, 0.1) is 27.9 Å². The van der Waals surface area contributed by atoms with E-state index in [1.807, 2.05) is 0 Å². The van der Waals surface area contributed by atoms with Crippen molar-refractivity contribution in [2.75, 3.05) is 11.9 Å². The molecule has 1 N–H and O–H groups in total. The number of halogens is 1. The van der Waals surface area contributed by atoms with Gasteiger partial charge >= 0.3 is 5.97 Å². The van der Waals surface area contributed by atoms with Crippen molar-refractivity contribution in [2.24, 2.45) is 0 Å². The molecule has 1 aromatic heterocycles. The van der Waals surface area contributed by atoms with Gasteiger partial charge in [-0.2, -0.15) is 0 Å². The number of hydrogen-bond donors (Lipinski definition) is 1. The molecule has 0 aliphatic carbocycles. The van der Waals surface area contributed by atoms with Crippen LogP contribution in [0.25, 0.3) is 10.9 Å². The molecule has 7 nitrogen and oxygen atoms in total. The maximum absolute atomic E-state index is 12.3. The number of esters is 1. The number of nitrogens with one attached hydrogen (secondary N) is 1. The van der Waals surface area contributed by atoms with Gasteiger partial charge < -0.3 is 10.1 Å². The molecule has 0 atom stereocenters. The molecule has 3 rings (SSSR count). The van der Waals surface area contributed by atoms with Crippen molar-refractivity contribution in [1.82, 2.24) is 9.55 Å². The van der Waals surface area contributed by atoms with Crippen LogP contribution in [0.4, 0.5) is 5.69 Å². The number of nitrogens with zero attached hydrogens (tertiary/aromatic N) is 2. The third kappa shape index (κ3) is 4.07. The molecule has 0 radical (unpaired) electrons. The molecule has 26 heavy (non-hydrogen) atoms. The summed E-state index contributed by atoms with van der Waals surface area (Å²) in [7, 11) is 0. The van der Waals surface area contributed by atoms with Crippen LogP contribution in [0.1, 0.15) is 0 Å². The summed E-state index contributed by atoms with van der Waals surface area (Å²) in [5.41, 5.74) is 0.611. The lowest BCUT2D eigenvalue weighted by atomic mass is 10.2. The number of para-hydroxylation sites is 2. The van der Waals surface area contributed by atoms with Gasteiger partial charge in [0.25, 0.3) is 11.5 Å². The van der Waals surface area contributed by atoms with Crippen LogP contribution in [0.15, 0.2) is 59.7 Å². The normalized spacial score (nSPS) is 10.5. The molecular weight excluding hydrogens is 358 g/mol. The monoisotopic (exact) mass is 371 g/mol. The Morgan fingerprint density at radius 1 is 1.12 bits per heavy atom. The van der Waals surface area contributed by atoms with Gasteiger partial charge in [-0.25, -0.2) is 4.98 Å². The summed E-state index contributed by atoms with van der Waals surface area (Å²) in [5.74, 6) is -1.26. The fourth-order valence-electron chi connectivity index (χ4n) is 2.30. The first-order chi connectivity index (χ1) is 12.5. The lowest BCUT2D eigenvalue weighted by Gasteiger charge is -2.09. The Hall–Kier alpha value is -3.19. The molecular formula is C18H14ClN3O4. The average molecular weight is 372 g/mol. The first-order valence-electron chi connectivity index (χ1n) is 7.69. The lowest BCUT2D eigenvalue weighted by Crippen LogP contribution is -2.28. The number of hydrogen-bond acceptors (Lipinski definition) is 5. The van der Waals surface area contributed by atoms with E-state index in [2.05, 4.69) is 10.3 Å². The topological polar surface area (TPSA) is 90.3 Å². The summed E-state index contributed by atoms with van der Waals surface area (Å²) in [6.07, 6.45) is 1.27. The maximum atomic E-state index is 12.3. The number of fused-ring (bicyclic) bond motifs is 1. The molecule has 0 bridgehead atoms. The van der Waals surface area contributed by atoms with Crippen molar-refractivity contribution in [3.63, 3.8) is 0 Å². The van der Waals surface area contributed by atoms with Gasteiger partial charge in [0.1, 0.15) is 6.54 Å². The van der Waals surface area contributed by atoms with E-state index in [-0.39, 0.29) is 12.1 Å².